The van der Waals surface area contributed by atoms with Crippen LogP contribution in [0.1, 0.15) is 32.9 Å². The van der Waals surface area contributed by atoms with Crippen LogP contribution in [-0.2, 0) is 11.2 Å². The van der Waals surface area contributed by atoms with Gasteiger partial charge in [0.15, 0.2) is 5.65 Å². The van der Waals surface area contributed by atoms with Crippen molar-refractivity contribution in [2.45, 2.75) is 20.3 Å². The molecule has 0 aliphatic heterocycles. The molecule has 0 unspecified atom stereocenters. The topological polar surface area (TPSA) is 88.8 Å². The lowest BCUT2D eigenvalue weighted by atomic mass is 10.0. The van der Waals surface area contributed by atoms with Crippen molar-refractivity contribution >= 4 is 34.8 Å². The maximum Gasteiger partial charge on any atom is 0.256 e. The fraction of sp³-hybridized carbons (Fsp3) is 0.350. The molecule has 0 bridgehead atoms. The number of nitrogens with zero attached hydrogens (tertiary/aromatic N) is 3. The van der Waals surface area contributed by atoms with E-state index in [4.69, 9.17) is 33.0 Å². The molecule has 0 radical (unpaired) electrons. The van der Waals surface area contributed by atoms with Crippen molar-refractivity contribution < 1.29 is 14.6 Å². The van der Waals surface area contributed by atoms with Crippen LogP contribution in [0, 0.1) is 13.8 Å². The van der Waals surface area contributed by atoms with Crippen LogP contribution in [0.2, 0.25) is 10.0 Å². The number of aliphatic hydroxyl groups is 1. The predicted molar refractivity (Wildman–Crippen MR) is 112 cm³/mol. The maximum absolute atomic E-state index is 12.5. The zero-order valence-corrected chi connectivity index (χ0v) is 17.7. The lowest BCUT2D eigenvalue weighted by molar-refractivity contribution is 0.0839. The summed E-state index contributed by atoms with van der Waals surface area (Å²) in [5, 5.41) is 16.8. The fourth-order valence-corrected chi connectivity index (χ4v) is 3.40. The molecule has 0 fully saturated rings. The van der Waals surface area contributed by atoms with E-state index in [2.05, 4.69) is 15.4 Å². The van der Waals surface area contributed by atoms with Gasteiger partial charge in [-0.25, -0.2) is 9.50 Å². The predicted octanol–water partition coefficient (Wildman–Crippen LogP) is 2.98. The first kappa shape index (κ1) is 21.5. The molecule has 0 spiro atoms. The molecule has 1 amide bonds. The molecule has 2 N–H and O–H groups in total. The summed E-state index contributed by atoms with van der Waals surface area (Å²) >= 11 is 12.1. The number of halogens is 2. The summed E-state index contributed by atoms with van der Waals surface area (Å²) < 4.78 is 6.82. The van der Waals surface area contributed by atoms with Gasteiger partial charge in [0, 0.05) is 24.4 Å². The van der Waals surface area contributed by atoms with Crippen LogP contribution in [0.15, 0.2) is 24.4 Å². The average Bonchev–Trinajstić information content (AvgIpc) is 3.11. The summed E-state index contributed by atoms with van der Waals surface area (Å²) in [5.74, 6) is -0.267. The quantitative estimate of drug-likeness (QED) is 0.529. The minimum absolute atomic E-state index is 0.0466. The van der Waals surface area contributed by atoms with Gasteiger partial charge in [0.05, 0.1) is 36.1 Å². The summed E-state index contributed by atoms with van der Waals surface area (Å²) in [6.45, 7) is 4.72. The number of hydrogen-bond acceptors (Lipinski definition) is 5. The summed E-state index contributed by atoms with van der Waals surface area (Å²) in [5.41, 5.74) is 4.67. The Kier molecular flexibility index (Phi) is 7.08. The average molecular weight is 437 g/mol. The van der Waals surface area contributed by atoms with E-state index in [1.54, 1.807) is 10.6 Å². The van der Waals surface area contributed by atoms with Crippen molar-refractivity contribution in [1.82, 2.24) is 19.9 Å². The molecule has 29 heavy (non-hydrogen) atoms. The van der Waals surface area contributed by atoms with Crippen LogP contribution < -0.4 is 5.32 Å². The van der Waals surface area contributed by atoms with E-state index in [0.717, 1.165) is 22.5 Å². The number of rotatable bonds is 8. The smallest absolute Gasteiger partial charge is 0.256 e. The SMILES string of the molecule is Cc1nc2c(C(=O)NCCOCCO)cnn2c(C)c1Cc1ccc(Cl)c(Cl)c1. The van der Waals surface area contributed by atoms with Crippen LogP contribution in [0.25, 0.3) is 5.65 Å². The molecule has 7 nitrogen and oxygen atoms in total. The van der Waals surface area contributed by atoms with Crippen LogP contribution in [0.3, 0.4) is 0 Å². The molecule has 3 aromatic rings. The van der Waals surface area contributed by atoms with Crippen LogP contribution in [-0.4, -0.2) is 52.0 Å². The zero-order chi connectivity index (χ0) is 21.0. The first-order chi connectivity index (χ1) is 13.9. The van der Waals surface area contributed by atoms with Crippen molar-refractivity contribution in [2.75, 3.05) is 26.4 Å². The van der Waals surface area contributed by atoms with E-state index in [9.17, 15) is 4.79 Å². The van der Waals surface area contributed by atoms with Crippen LogP contribution in [0.4, 0.5) is 0 Å². The standard InChI is InChI=1S/C20H22Cl2N4O3/c1-12-15(9-14-3-4-17(21)18(22)10-14)13(2)26-19(25-12)16(11-24-26)20(28)23-5-7-29-8-6-27/h3-4,10-11,27H,5-9H2,1-2H3,(H,23,28). The van der Waals surface area contributed by atoms with Crippen molar-refractivity contribution in [3.05, 3.63) is 62.5 Å². The Morgan fingerprint density at radius 3 is 2.76 bits per heavy atom. The number of aliphatic hydroxyl groups excluding tert-OH is 1. The Labute approximate surface area is 178 Å². The molecule has 2 aromatic heterocycles. The number of carbonyl (C=O) groups is 1. The minimum Gasteiger partial charge on any atom is -0.394 e. The van der Waals surface area contributed by atoms with E-state index < -0.39 is 0 Å². The summed E-state index contributed by atoms with van der Waals surface area (Å²) in [6.07, 6.45) is 2.14. The van der Waals surface area contributed by atoms with Gasteiger partial charge in [-0.2, -0.15) is 5.10 Å². The number of amides is 1. The van der Waals surface area contributed by atoms with Gasteiger partial charge >= 0.3 is 0 Å². The molecule has 1 aromatic carbocycles. The first-order valence-electron chi connectivity index (χ1n) is 9.17. The largest absolute Gasteiger partial charge is 0.394 e. The van der Waals surface area contributed by atoms with Crippen molar-refractivity contribution in [3.63, 3.8) is 0 Å². The second-order valence-corrected chi connectivity index (χ2v) is 7.39. The van der Waals surface area contributed by atoms with Gasteiger partial charge in [0.25, 0.3) is 5.91 Å². The highest BCUT2D eigenvalue weighted by molar-refractivity contribution is 6.42. The maximum atomic E-state index is 12.5. The summed E-state index contributed by atoms with van der Waals surface area (Å²) in [7, 11) is 0. The number of aryl methyl sites for hydroxylation is 2. The van der Waals surface area contributed by atoms with Crippen molar-refractivity contribution in [3.8, 4) is 0 Å². The Bertz CT molecular complexity index is 1040. The molecule has 9 heteroatoms. The van der Waals surface area contributed by atoms with E-state index in [1.807, 2.05) is 26.0 Å². The Hall–Kier alpha value is -2.19. The van der Waals surface area contributed by atoms with Crippen molar-refractivity contribution in [2.24, 2.45) is 0 Å². The Balaban J connectivity index is 1.83. The minimum atomic E-state index is -0.267. The molecular weight excluding hydrogens is 415 g/mol. The van der Waals surface area contributed by atoms with Crippen molar-refractivity contribution in [1.29, 1.82) is 0 Å². The van der Waals surface area contributed by atoms with E-state index >= 15 is 0 Å². The molecule has 2 heterocycles. The molecule has 0 aliphatic rings. The lowest BCUT2D eigenvalue weighted by Gasteiger charge is -2.12. The van der Waals surface area contributed by atoms with Gasteiger partial charge in [-0.1, -0.05) is 29.3 Å². The number of fused-ring (bicyclic) bond motifs is 1. The second kappa shape index (κ2) is 9.54. The number of benzene rings is 1. The molecule has 154 valence electrons. The monoisotopic (exact) mass is 436 g/mol. The highest BCUT2D eigenvalue weighted by Gasteiger charge is 2.18. The van der Waals surface area contributed by atoms with Gasteiger partial charge < -0.3 is 15.2 Å². The Morgan fingerprint density at radius 1 is 1.24 bits per heavy atom. The summed E-state index contributed by atoms with van der Waals surface area (Å²) in [4.78, 5) is 17.1. The van der Waals surface area contributed by atoms with Crippen LogP contribution >= 0.6 is 23.2 Å². The third-order valence-corrected chi connectivity index (χ3v) is 5.32. The van der Waals surface area contributed by atoms with Gasteiger partial charge in [-0.3, -0.25) is 4.79 Å². The molecule has 0 aliphatic carbocycles. The Morgan fingerprint density at radius 2 is 2.03 bits per heavy atom. The first-order valence-corrected chi connectivity index (χ1v) is 9.92. The summed E-state index contributed by atoms with van der Waals surface area (Å²) in [6, 6.07) is 5.54. The van der Waals surface area contributed by atoms with E-state index in [0.29, 0.717) is 40.8 Å². The third-order valence-electron chi connectivity index (χ3n) is 4.59. The number of carbonyl (C=O) groups excluding carboxylic acids is 1. The van der Waals surface area contributed by atoms with Crippen LogP contribution in [0.5, 0.6) is 0 Å². The number of nitrogens with one attached hydrogen (secondary N) is 1. The number of aromatic nitrogens is 3. The fourth-order valence-electron chi connectivity index (χ4n) is 3.08. The molecule has 0 saturated heterocycles. The normalized spacial score (nSPS) is 11.2. The number of ether oxygens (including phenoxy) is 1. The van der Waals surface area contributed by atoms with Gasteiger partial charge in [0.1, 0.15) is 5.56 Å². The number of hydrogen-bond donors (Lipinski definition) is 2. The third kappa shape index (κ3) is 4.87. The molecular formula is C20H22Cl2N4O3. The lowest BCUT2D eigenvalue weighted by Crippen LogP contribution is -2.27. The van der Waals surface area contributed by atoms with E-state index in [-0.39, 0.29) is 19.1 Å². The molecule has 0 atom stereocenters. The van der Waals surface area contributed by atoms with Gasteiger partial charge in [-0.05, 0) is 37.1 Å². The second-order valence-electron chi connectivity index (χ2n) is 6.57. The highest BCUT2D eigenvalue weighted by atomic mass is 35.5. The molecule has 0 saturated carbocycles. The van der Waals surface area contributed by atoms with Gasteiger partial charge in [0.2, 0.25) is 0 Å². The van der Waals surface area contributed by atoms with Gasteiger partial charge in [-0.15, -0.1) is 0 Å². The molecule has 3 rings (SSSR count). The zero-order valence-electron chi connectivity index (χ0n) is 16.2. The highest BCUT2D eigenvalue weighted by Crippen LogP contribution is 2.26. The van der Waals surface area contributed by atoms with E-state index in [1.165, 1.54) is 6.20 Å².